The molecule has 144 valence electrons. The van der Waals surface area contributed by atoms with Crippen molar-refractivity contribution in [3.63, 3.8) is 0 Å². The van der Waals surface area contributed by atoms with Gasteiger partial charge in [-0.3, -0.25) is 4.79 Å². The summed E-state index contributed by atoms with van der Waals surface area (Å²) >= 11 is 1.29. The zero-order chi connectivity index (χ0) is 19.2. The predicted molar refractivity (Wildman–Crippen MR) is 105 cm³/mol. The van der Waals surface area contributed by atoms with Crippen LogP contribution in [0.15, 0.2) is 40.9 Å². The molecule has 0 spiro atoms. The molecule has 1 aliphatic carbocycles. The molecule has 1 N–H and O–H groups in total. The second-order valence-corrected chi connectivity index (χ2v) is 9.80. The fourth-order valence-corrected chi connectivity index (χ4v) is 5.12. The molecule has 1 saturated carbocycles. The Morgan fingerprint density at radius 3 is 2.69 bits per heavy atom. The van der Waals surface area contributed by atoms with Gasteiger partial charge in [-0.15, -0.1) is 6.58 Å². The van der Waals surface area contributed by atoms with E-state index in [0.29, 0.717) is 11.6 Å². The summed E-state index contributed by atoms with van der Waals surface area (Å²) in [4.78, 5) is 16.3. The van der Waals surface area contributed by atoms with Crippen LogP contribution in [0, 0.1) is 0 Å². The van der Waals surface area contributed by atoms with Crippen molar-refractivity contribution in [1.82, 2.24) is 14.6 Å². The third-order valence-corrected chi connectivity index (χ3v) is 7.51. The van der Waals surface area contributed by atoms with Gasteiger partial charge in [0.05, 0.1) is 10.3 Å². The number of rotatable bonds is 8. The second kappa shape index (κ2) is 9.53. The van der Waals surface area contributed by atoms with Crippen molar-refractivity contribution in [1.29, 1.82) is 0 Å². The van der Waals surface area contributed by atoms with Gasteiger partial charge in [0.1, 0.15) is 4.90 Å². The van der Waals surface area contributed by atoms with Crippen LogP contribution in [0.25, 0.3) is 0 Å². The van der Waals surface area contributed by atoms with Gasteiger partial charge >= 0.3 is 0 Å². The van der Waals surface area contributed by atoms with Gasteiger partial charge in [-0.2, -0.15) is 4.31 Å². The number of amides is 1. The molecule has 1 unspecified atom stereocenters. The molecule has 1 aliphatic rings. The number of carbonyl (C=O) groups excluding carboxylic acids is 1. The minimum atomic E-state index is -3.54. The van der Waals surface area contributed by atoms with Gasteiger partial charge in [-0.05, 0) is 31.9 Å². The SMILES string of the molecule is C=CCNC(=O)C(C)Sc1ccc(S(=O)(=O)N(C)C2CCCCC2)cn1. The molecule has 1 aromatic rings. The normalized spacial score (nSPS) is 17.0. The molecule has 0 aliphatic heterocycles. The molecule has 2 rings (SSSR count). The van der Waals surface area contributed by atoms with E-state index in [4.69, 9.17) is 0 Å². The maximum Gasteiger partial charge on any atom is 0.244 e. The van der Waals surface area contributed by atoms with Crippen molar-refractivity contribution >= 4 is 27.7 Å². The van der Waals surface area contributed by atoms with Crippen LogP contribution in [0.4, 0.5) is 0 Å². The first-order chi connectivity index (χ1) is 12.4. The van der Waals surface area contributed by atoms with Crippen LogP contribution in [0.1, 0.15) is 39.0 Å². The van der Waals surface area contributed by atoms with Gasteiger partial charge < -0.3 is 5.32 Å². The number of carbonyl (C=O) groups is 1. The first-order valence-electron chi connectivity index (χ1n) is 8.85. The zero-order valence-corrected chi connectivity index (χ0v) is 17.0. The average molecular weight is 398 g/mol. The standard InChI is InChI=1S/C18H27N3O3S2/c1-4-12-19-18(22)14(2)25-17-11-10-16(13-20-17)26(23,24)21(3)15-8-6-5-7-9-15/h4,10-11,13-15H,1,5-9,12H2,2-3H3,(H,19,22). The molecule has 1 aromatic heterocycles. The lowest BCUT2D eigenvalue weighted by Crippen LogP contribution is -2.38. The number of hydrogen-bond donors (Lipinski definition) is 1. The van der Waals surface area contributed by atoms with E-state index in [-0.39, 0.29) is 22.1 Å². The predicted octanol–water partition coefficient (Wildman–Crippen LogP) is 2.82. The first kappa shape index (κ1) is 20.9. The molecule has 0 saturated heterocycles. The summed E-state index contributed by atoms with van der Waals surface area (Å²) < 4.78 is 27.1. The number of thioether (sulfide) groups is 1. The monoisotopic (exact) mass is 397 g/mol. The van der Waals surface area contributed by atoms with Gasteiger partial charge in [0.25, 0.3) is 0 Å². The number of nitrogens with one attached hydrogen (secondary N) is 1. The van der Waals surface area contributed by atoms with Gasteiger partial charge in [-0.1, -0.05) is 37.1 Å². The Labute approximate surface area is 160 Å². The van der Waals surface area contributed by atoms with E-state index in [1.807, 2.05) is 0 Å². The van der Waals surface area contributed by atoms with E-state index in [1.54, 1.807) is 32.2 Å². The lowest BCUT2D eigenvalue weighted by atomic mass is 9.96. The van der Waals surface area contributed by atoms with E-state index in [0.717, 1.165) is 25.7 Å². The molecule has 1 atom stereocenters. The Hall–Kier alpha value is -1.38. The molecule has 26 heavy (non-hydrogen) atoms. The van der Waals surface area contributed by atoms with Gasteiger partial charge in [0.2, 0.25) is 15.9 Å². The van der Waals surface area contributed by atoms with Gasteiger partial charge in [0, 0.05) is 25.8 Å². The second-order valence-electron chi connectivity index (χ2n) is 6.44. The summed E-state index contributed by atoms with van der Waals surface area (Å²) in [5, 5.41) is 3.02. The molecule has 0 radical (unpaired) electrons. The van der Waals surface area contributed by atoms with Crippen molar-refractivity contribution in [3.05, 3.63) is 31.0 Å². The summed E-state index contributed by atoms with van der Waals surface area (Å²) in [6.45, 7) is 5.76. The Morgan fingerprint density at radius 1 is 1.42 bits per heavy atom. The number of pyridine rings is 1. The molecular formula is C18H27N3O3S2. The molecule has 1 amide bonds. The van der Waals surface area contributed by atoms with Crippen molar-refractivity contribution in [2.75, 3.05) is 13.6 Å². The Bertz CT molecular complexity index is 714. The Balaban J connectivity index is 2.03. The summed E-state index contributed by atoms with van der Waals surface area (Å²) in [6, 6.07) is 3.29. The topological polar surface area (TPSA) is 79.4 Å². The number of sulfonamides is 1. The number of nitrogens with zero attached hydrogens (tertiary/aromatic N) is 2. The van der Waals surface area contributed by atoms with Crippen molar-refractivity contribution in [2.24, 2.45) is 0 Å². The van der Waals surface area contributed by atoms with Crippen LogP contribution in [0.3, 0.4) is 0 Å². The smallest absolute Gasteiger partial charge is 0.244 e. The zero-order valence-electron chi connectivity index (χ0n) is 15.3. The molecule has 1 heterocycles. The van der Waals surface area contributed by atoms with E-state index in [9.17, 15) is 13.2 Å². The van der Waals surface area contributed by atoms with E-state index in [1.165, 1.54) is 28.7 Å². The summed E-state index contributed by atoms with van der Waals surface area (Å²) in [6.07, 6.45) is 8.15. The third kappa shape index (κ3) is 5.31. The maximum absolute atomic E-state index is 12.8. The van der Waals surface area contributed by atoms with E-state index < -0.39 is 10.0 Å². The van der Waals surface area contributed by atoms with Crippen LogP contribution in [0.5, 0.6) is 0 Å². The fraction of sp³-hybridized carbons (Fsp3) is 0.556. The van der Waals surface area contributed by atoms with Gasteiger partial charge in [-0.25, -0.2) is 13.4 Å². The molecule has 6 nitrogen and oxygen atoms in total. The summed E-state index contributed by atoms with van der Waals surface area (Å²) in [5.41, 5.74) is 0. The highest BCUT2D eigenvalue weighted by Gasteiger charge is 2.29. The minimum absolute atomic E-state index is 0.0661. The Kier molecular flexibility index (Phi) is 7.67. The first-order valence-corrected chi connectivity index (χ1v) is 11.2. The summed E-state index contributed by atoms with van der Waals surface area (Å²) in [7, 11) is -1.89. The fourth-order valence-electron chi connectivity index (χ4n) is 2.95. The Morgan fingerprint density at radius 2 is 2.12 bits per heavy atom. The summed E-state index contributed by atoms with van der Waals surface area (Å²) in [5.74, 6) is -0.106. The van der Waals surface area contributed by atoms with Crippen molar-refractivity contribution < 1.29 is 13.2 Å². The van der Waals surface area contributed by atoms with Crippen molar-refractivity contribution in [3.8, 4) is 0 Å². The average Bonchev–Trinajstić information content (AvgIpc) is 2.66. The van der Waals surface area contributed by atoms with E-state index in [2.05, 4.69) is 16.9 Å². The van der Waals surface area contributed by atoms with Crippen LogP contribution in [-0.4, -0.2) is 48.5 Å². The molecule has 8 heteroatoms. The lowest BCUT2D eigenvalue weighted by molar-refractivity contribution is -0.120. The molecule has 1 fully saturated rings. The highest BCUT2D eigenvalue weighted by atomic mass is 32.2. The minimum Gasteiger partial charge on any atom is -0.352 e. The molecular weight excluding hydrogens is 370 g/mol. The van der Waals surface area contributed by atoms with Crippen molar-refractivity contribution in [2.45, 2.75) is 60.2 Å². The molecule has 0 aromatic carbocycles. The highest BCUT2D eigenvalue weighted by Crippen LogP contribution is 2.27. The van der Waals surface area contributed by atoms with Crippen LogP contribution in [0.2, 0.25) is 0 Å². The van der Waals surface area contributed by atoms with Crippen LogP contribution < -0.4 is 5.32 Å². The van der Waals surface area contributed by atoms with Gasteiger partial charge in [0.15, 0.2) is 0 Å². The quantitative estimate of drug-likeness (QED) is 0.539. The highest BCUT2D eigenvalue weighted by molar-refractivity contribution is 8.00. The molecule has 0 bridgehead atoms. The maximum atomic E-state index is 12.8. The van der Waals surface area contributed by atoms with E-state index >= 15 is 0 Å². The van der Waals surface area contributed by atoms with Crippen LogP contribution in [-0.2, 0) is 14.8 Å². The lowest BCUT2D eigenvalue weighted by Gasteiger charge is -2.30. The third-order valence-electron chi connectivity index (χ3n) is 4.56. The number of aromatic nitrogens is 1. The van der Waals surface area contributed by atoms with Crippen LogP contribution >= 0.6 is 11.8 Å². The number of hydrogen-bond acceptors (Lipinski definition) is 5. The largest absolute Gasteiger partial charge is 0.352 e.